The highest BCUT2D eigenvalue weighted by atomic mass is 16.4. The van der Waals surface area contributed by atoms with Gasteiger partial charge in [-0.05, 0) is 17.7 Å². The van der Waals surface area contributed by atoms with Gasteiger partial charge in [-0.3, -0.25) is 4.79 Å². The van der Waals surface area contributed by atoms with E-state index in [0.29, 0.717) is 18.1 Å². The average Bonchev–Trinajstić information content (AvgIpc) is 2.82. The molecule has 2 aromatic rings. The smallest absolute Gasteiger partial charge is 0.335 e. The maximum atomic E-state index is 11.1. The van der Waals surface area contributed by atoms with Gasteiger partial charge < -0.3 is 20.1 Å². The molecule has 0 spiro atoms. The first-order valence-electron chi connectivity index (χ1n) is 6.40. The van der Waals surface area contributed by atoms with Gasteiger partial charge in [-0.25, -0.2) is 9.78 Å². The number of hydrogen-bond donors (Lipinski definition) is 3. The minimum atomic E-state index is -1.02. The third-order valence-corrected chi connectivity index (χ3v) is 3.47. The number of benzene rings is 1. The van der Waals surface area contributed by atoms with Crippen LogP contribution in [0.25, 0.3) is 0 Å². The van der Waals surface area contributed by atoms with Gasteiger partial charge in [0.1, 0.15) is 5.82 Å². The normalized spacial score (nSPS) is 16.3. The number of fused-ring (bicyclic) bond motifs is 2. The Morgan fingerprint density at radius 3 is 2.90 bits per heavy atom. The summed E-state index contributed by atoms with van der Waals surface area (Å²) in [6, 6.07) is 4.30. The number of carboxylic acids is 2. The first-order chi connectivity index (χ1) is 10.0. The molecule has 0 aliphatic carbocycles. The molecule has 3 rings (SSSR count). The van der Waals surface area contributed by atoms with Crippen LogP contribution in [0, 0.1) is 0 Å². The predicted octanol–water partition coefficient (Wildman–Crippen LogP) is 1.57. The molecule has 108 valence electrons. The Morgan fingerprint density at radius 1 is 1.38 bits per heavy atom. The van der Waals surface area contributed by atoms with Crippen molar-refractivity contribution >= 4 is 17.6 Å². The highest BCUT2D eigenvalue weighted by molar-refractivity contribution is 5.89. The lowest BCUT2D eigenvalue weighted by Crippen LogP contribution is -2.17. The summed E-state index contributed by atoms with van der Waals surface area (Å²) >= 11 is 0. The molecule has 1 aromatic heterocycles. The van der Waals surface area contributed by atoms with Gasteiger partial charge in [-0.15, -0.1) is 0 Å². The predicted molar refractivity (Wildman–Crippen MR) is 73.3 cm³/mol. The molecule has 3 N–H and O–H groups in total. The number of hydrogen-bond acceptors (Lipinski definition) is 4. The molecule has 1 aromatic carbocycles. The van der Waals surface area contributed by atoms with Crippen molar-refractivity contribution in [2.24, 2.45) is 0 Å². The molecule has 2 heterocycles. The Kier molecular flexibility index (Phi) is 3.09. The van der Waals surface area contributed by atoms with Crippen LogP contribution < -0.4 is 5.32 Å². The lowest BCUT2D eigenvalue weighted by molar-refractivity contribution is -0.137. The van der Waals surface area contributed by atoms with Crippen LogP contribution in [0.2, 0.25) is 0 Å². The Hall–Kier alpha value is -2.83. The fourth-order valence-corrected chi connectivity index (χ4v) is 2.50. The van der Waals surface area contributed by atoms with Crippen molar-refractivity contribution in [3.63, 3.8) is 0 Å². The number of nitrogens with one attached hydrogen (secondary N) is 1. The molecular weight excluding hydrogens is 274 g/mol. The quantitative estimate of drug-likeness (QED) is 0.791. The van der Waals surface area contributed by atoms with Gasteiger partial charge >= 0.3 is 11.9 Å². The summed E-state index contributed by atoms with van der Waals surface area (Å²) in [4.78, 5) is 26.3. The van der Waals surface area contributed by atoms with Gasteiger partial charge in [0.15, 0.2) is 0 Å². The van der Waals surface area contributed by atoms with E-state index in [1.807, 2.05) is 4.57 Å². The SMILES string of the molecule is O=C(O)C[C@H]1Nc2cc(C(=O)O)ccc2Cn2ccnc21. The van der Waals surface area contributed by atoms with Crippen LogP contribution in [-0.4, -0.2) is 31.7 Å². The summed E-state index contributed by atoms with van der Waals surface area (Å²) in [7, 11) is 0. The number of carboxylic acid groups (broad SMARTS) is 2. The Morgan fingerprint density at radius 2 is 2.19 bits per heavy atom. The highest BCUT2D eigenvalue weighted by Crippen LogP contribution is 2.30. The number of aromatic carboxylic acids is 1. The number of nitrogens with zero attached hydrogens (tertiary/aromatic N) is 2. The zero-order valence-corrected chi connectivity index (χ0v) is 11.0. The van der Waals surface area contributed by atoms with E-state index >= 15 is 0 Å². The van der Waals surface area contributed by atoms with Gasteiger partial charge in [0.2, 0.25) is 0 Å². The summed E-state index contributed by atoms with van der Waals surface area (Å²) in [5.41, 5.74) is 1.69. The van der Waals surface area contributed by atoms with Crippen LogP contribution >= 0.6 is 0 Å². The molecular formula is C14H13N3O4. The summed E-state index contributed by atoms with van der Waals surface area (Å²) in [6.07, 6.45) is 3.28. The fraction of sp³-hybridized carbons (Fsp3) is 0.214. The van der Waals surface area contributed by atoms with Crippen molar-refractivity contribution in [1.82, 2.24) is 9.55 Å². The second-order valence-corrected chi connectivity index (χ2v) is 4.89. The molecule has 1 atom stereocenters. The van der Waals surface area contributed by atoms with Crippen LogP contribution in [-0.2, 0) is 11.3 Å². The van der Waals surface area contributed by atoms with Crippen LogP contribution in [0.15, 0.2) is 30.6 Å². The third kappa shape index (κ3) is 2.45. The molecule has 0 fully saturated rings. The lowest BCUT2D eigenvalue weighted by Gasteiger charge is -2.16. The summed E-state index contributed by atoms with van der Waals surface area (Å²) in [5.74, 6) is -1.33. The van der Waals surface area contributed by atoms with Crippen molar-refractivity contribution in [1.29, 1.82) is 0 Å². The van der Waals surface area contributed by atoms with E-state index in [9.17, 15) is 9.59 Å². The zero-order valence-electron chi connectivity index (χ0n) is 11.0. The van der Waals surface area contributed by atoms with Crippen LogP contribution in [0.1, 0.15) is 34.2 Å². The molecule has 0 radical (unpaired) electrons. The van der Waals surface area contributed by atoms with E-state index in [1.165, 1.54) is 12.1 Å². The number of carbonyl (C=O) groups is 2. The summed E-state index contributed by atoms with van der Waals surface area (Å²) < 4.78 is 1.87. The number of rotatable bonds is 3. The van der Waals surface area contributed by atoms with Crippen LogP contribution in [0.3, 0.4) is 0 Å². The lowest BCUT2D eigenvalue weighted by atomic mass is 10.1. The average molecular weight is 287 g/mol. The van der Waals surface area contributed by atoms with Gasteiger partial charge in [0.25, 0.3) is 0 Å². The zero-order chi connectivity index (χ0) is 15.0. The molecule has 1 aliphatic rings. The van der Waals surface area contributed by atoms with Crippen LogP contribution in [0.5, 0.6) is 0 Å². The second kappa shape index (κ2) is 4.93. The van der Waals surface area contributed by atoms with Gasteiger partial charge in [0.05, 0.1) is 24.6 Å². The number of imidazole rings is 1. The molecule has 1 aliphatic heterocycles. The van der Waals surface area contributed by atoms with Crippen molar-refractivity contribution in [3.05, 3.63) is 47.5 Å². The largest absolute Gasteiger partial charge is 0.481 e. The third-order valence-electron chi connectivity index (χ3n) is 3.47. The minimum absolute atomic E-state index is 0.131. The maximum Gasteiger partial charge on any atom is 0.335 e. The molecule has 21 heavy (non-hydrogen) atoms. The fourth-order valence-electron chi connectivity index (χ4n) is 2.50. The Bertz CT molecular complexity index is 723. The topological polar surface area (TPSA) is 104 Å². The minimum Gasteiger partial charge on any atom is -0.481 e. The summed E-state index contributed by atoms with van der Waals surface area (Å²) in [6.45, 7) is 0.522. The molecule has 7 heteroatoms. The monoisotopic (exact) mass is 287 g/mol. The maximum absolute atomic E-state index is 11.1. The molecule has 0 amide bonds. The van der Waals surface area contributed by atoms with E-state index in [2.05, 4.69) is 10.3 Å². The standard InChI is InChI=1S/C14H13N3O4/c18-12(19)6-11-13-15-3-4-17(13)7-9-2-1-8(14(20)21)5-10(9)16-11/h1-5,11,16H,6-7H2,(H,18,19)(H,20,21)/t11-/m1/s1. The number of aromatic nitrogens is 2. The van der Waals surface area contributed by atoms with E-state index < -0.39 is 18.0 Å². The van der Waals surface area contributed by atoms with Crippen molar-refractivity contribution in [2.45, 2.75) is 19.0 Å². The molecule has 0 saturated heterocycles. The highest BCUT2D eigenvalue weighted by Gasteiger charge is 2.25. The van der Waals surface area contributed by atoms with E-state index in [1.54, 1.807) is 18.5 Å². The molecule has 0 bridgehead atoms. The Balaban J connectivity index is 2.05. The van der Waals surface area contributed by atoms with Crippen LogP contribution in [0.4, 0.5) is 5.69 Å². The van der Waals surface area contributed by atoms with E-state index in [4.69, 9.17) is 10.2 Å². The first-order valence-corrected chi connectivity index (χ1v) is 6.40. The second-order valence-electron chi connectivity index (χ2n) is 4.89. The summed E-state index contributed by atoms with van der Waals surface area (Å²) in [5, 5.41) is 21.2. The van der Waals surface area contributed by atoms with Crippen molar-refractivity contribution < 1.29 is 19.8 Å². The first kappa shape index (κ1) is 13.2. The van der Waals surface area contributed by atoms with E-state index in [-0.39, 0.29) is 12.0 Å². The Labute approximate surface area is 119 Å². The molecule has 0 unspecified atom stereocenters. The van der Waals surface area contributed by atoms with Crippen molar-refractivity contribution in [2.75, 3.05) is 5.32 Å². The van der Waals surface area contributed by atoms with Gasteiger partial charge in [-0.2, -0.15) is 0 Å². The molecule has 7 nitrogen and oxygen atoms in total. The van der Waals surface area contributed by atoms with Gasteiger partial charge in [-0.1, -0.05) is 6.07 Å². The van der Waals surface area contributed by atoms with E-state index in [0.717, 1.165) is 5.56 Å². The number of anilines is 1. The van der Waals surface area contributed by atoms with Gasteiger partial charge in [0, 0.05) is 18.1 Å². The number of aliphatic carboxylic acids is 1. The van der Waals surface area contributed by atoms with Crippen molar-refractivity contribution in [3.8, 4) is 0 Å². The molecule has 0 saturated carbocycles.